The molecule has 0 spiro atoms. The predicted octanol–water partition coefficient (Wildman–Crippen LogP) is 2.07. The van der Waals surface area contributed by atoms with E-state index >= 15 is 0 Å². The van der Waals surface area contributed by atoms with Crippen molar-refractivity contribution in [3.05, 3.63) is 30.1 Å². The molecule has 1 aromatic rings. The molecule has 0 radical (unpaired) electrons. The van der Waals surface area contributed by atoms with E-state index in [2.05, 4.69) is 24.1 Å². The summed E-state index contributed by atoms with van der Waals surface area (Å²) in [6.45, 7) is 6.02. The van der Waals surface area contributed by atoms with Gasteiger partial charge in [-0.05, 0) is 30.4 Å². The van der Waals surface area contributed by atoms with Crippen molar-refractivity contribution in [3.63, 3.8) is 0 Å². The molecular formula is C16H24FN3O. The van der Waals surface area contributed by atoms with Crippen molar-refractivity contribution >= 4 is 11.6 Å². The van der Waals surface area contributed by atoms with E-state index in [1.54, 1.807) is 18.2 Å². The van der Waals surface area contributed by atoms with Gasteiger partial charge in [-0.2, -0.15) is 0 Å². The number of hydrogen-bond donors (Lipinski definition) is 2. The number of anilines is 1. The van der Waals surface area contributed by atoms with Gasteiger partial charge in [0.05, 0.1) is 12.2 Å². The van der Waals surface area contributed by atoms with Gasteiger partial charge in [-0.15, -0.1) is 0 Å². The van der Waals surface area contributed by atoms with Crippen LogP contribution in [0, 0.1) is 17.7 Å². The van der Waals surface area contributed by atoms with Crippen LogP contribution >= 0.6 is 0 Å². The normalized spacial score (nSPS) is 26.6. The van der Waals surface area contributed by atoms with Crippen LogP contribution in [0.3, 0.4) is 0 Å². The summed E-state index contributed by atoms with van der Waals surface area (Å²) in [4.78, 5) is 14.3. The molecule has 0 aliphatic carbocycles. The van der Waals surface area contributed by atoms with Crippen molar-refractivity contribution in [2.24, 2.45) is 17.6 Å². The molecule has 1 heterocycles. The summed E-state index contributed by atoms with van der Waals surface area (Å²) >= 11 is 0. The fourth-order valence-corrected chi connectivity index (χ4v) is 3.26. The third-order valence-electron chi connectivity index (χ3n) is 4.18. The largest absolute Gasteiger partial charge is 0.329 e. The fourth-order valence-electron chi connectivity index (χ4n) is 3.26. The summed E-state index contributed by atoms with van der Waals surface area (Å²) in [5, 5.41) is 2.64. The number of nitrogens with zero attached hydrogens (tertiary/aromatic N) is 1. The van der Waals surface area contributed by atoms with Gasteiger partial charge in [-0.25, -0.2) is 4.39 Å². The van der Waals surface area contributed by atoms with Crippen LogP contribution < -0.4 is 11.1 Å². The third-order valence-corrected chi connectivity index (χ3v) is 4.18. The Hall–Kier alpha value is -1.46. The number of benzene rings is 1. The van der Waals surface area contributed by atoms with Crippen LogP contribution in [-0.4, -0.2) is 36.5 Å². The van der Waals surface area contributed by atoms with Crippen LogP contribution in [0.4, 0.5) is 10.1 Å². The van der Waals surface area contributed by atoms with Crippen LogP contribution in [0.2, 0.25) is 0 Å². The highest BCUT2D eigenvalue weighted by molar-refractivity contribution is 5.92. The van der Waals surface area contributed by atoms with E-state index in [9.17, 15) is 9.18 Å². The molecule has 1 fully saturated rings. The van der Waals surface area contributed by atoms with Gasteiger partial charge in [0.25, 0.3) is 0 Å². The zero-order chi connectivity index (χ0) is 15.4. The van der Waals surface area contributed by atoms with E-state index < -0.39 is 5.82 Å². The third kappa shape index (κ3) is 4.02. The second kappa shape index (κ2) is 7.00. The molecule has 2 rings (SSSR count). The highest BCUT2D eigenvalue weighted by Gasteiger charge is 2.32. The number of amides is 1. The summed E-state index contributed by atoms with van der Waals surface area (Å²) in [5.74, 6) is 0.408. The molecule has 5 heteroatoms. The molecular weight excluding hydrogens is 269 g/mol. The van der Waals surface area contributed by atoms with Crippen LogP contribution in [0.15, 0.2) is 24.3 Å². The fraction of sp³-hybridized carbons (Fsp3) is 0.562. The minimum absolute atomic E-state index is 0.195. The first-order valence-electron chi connectivity index (χ1n) is 7.49. The molecule has 116 valence electrons. The Labute approximate surface area is 125 Å². The molecule has 1 aromatic carbocycles. The lowest BCUT2D eigenvalue weighted by Gasteiger charge is -2.42. The van der Waals surface area contributed by atoms with Crippen LogP contribution in [0.25, 0.3) is 0 Å². The lowest BCUT2D eigenvalue weighted by Crippen LogP contribution is -2.53. The molecule has 4 nitrogen and oxygen atoms in total. The topological polar surface area (TPSA) is 58.4 Å². The monoisotopic (exact) mass is 293 g/mol. The zero-order valence-electron chi connectivity index (χ0n) is 12.7. The Kier molecular flexibility index (Phi) is 5.31. The Morgan fingerprint density at radius 3 is 2.81 bits per heavy atom. The Balaban J connectivity index is 1.99. The molecule has 1 amide bonds. The first-order valence-corrected chi connectivity index (χ1v) is 7.49. The summed E-state index contributed by atoms with van der Waals surface area (Å²) in [6.07, 6.45) is 1.13. The van der Waals surface area contributed by atoms with Gasteiger partial charge in [-0.3, -0.25) is 9.69 Å². The van der Waals surface area contributed by atoms with Crippen LogP contribution in [0.5, 0.6) is 0 Å². The number of carbonyl (C=O) groups excluding carboxylic acids is 1. The molecule has 0 saturated carbocycles. The summed E-state index contributed by atoms with van der Waals surface area (Å²) in [7, 11) is 0. The SMILES string of the molecule is CC1CC(C)C(CN)N(CC(=O)Nc2ccccc2F)C1. The minimum atomic E-state index is -0.415. The van der Waals surface area contributed by atoms with E-state index in [-0.39, 0.29) is 24.2 Å². The van der Waals surface area contributed by atoms with Crippen molar-refractivity contribution in [2.45, 2.75) is 26.3 Å². The molecule has 1 saturated heterocycles. The van der Waals surface area contributed by atoms with Gasteiger partial charge in [0.2, 0.25) is 5.91 Å². The van der Waals surface area contributed by atoms with Crippen molar-refractivity contribution < 1.29 is 9.18 Å². The predicted molar refractivity (Wildman–Crippen MR) is 82.4 cm³/mol. The summed E-state index contributed by atoms with van der Waals surface area (Å²) in [6, 6.07) is 6.42. The smallest absolute Gasteiger partial charge is 0.238 e. The standard InChI is InChI=1S/C16H24FN3O/c1-11-7-12(2)15(8-18)20(9-11)10-16(21)19-14-6-4-3-5-13(14)17/h3-6,11-12,15H,7-10,18H2,1-2H3,(H,19,21). The molecule has 3 unspecified atom stereocenters. The number of para-hydroxylation sites is 1. The lowest BCUT2D eigenvalue weighted by atomic mass is 9.85. The maximum Gasteiger partial charge on any atom is 0.238 e. The van der Waals surface area contributed by atoms with Gasteiger partial charge < -0.3 is 11.1 Å². The maximum atomic E-state index is 13.5. The number of carbonyl (C=O) groups is 1. The quantitative estimate of drug-likeness (QED) is 0.893. The average molecular weight is 293 g/mol. The number of nitrogens with one attached hydrogen (secondary N) is 1. The molecule has 0 bridgehead atoms. The lowest BCUT2D eigenvalue weighted by molar-refractivity contribution is -0.118. The number of hydrogen-bond acceptors (Lipinski definition) is 3. The number of rotatable bonds is 4. The van der Waals surface area contributed by atoms with Crippen molar-refractivity contribution in [3.8, 4) is 0 Å². The highest BCUT2D eigenvalue weighted by atomic mass is 19.1. The molecule has 3 N–H and O–H groups in total. The second-order valence-electron chi connectivity index (χ2n) is 6.08. The molecule has 1 aliphatic heterocycles. The van der Waals surface area contributed by atoms with Crippen LogP contribution in [-0.2, 0) is 4.79 Å². The van der Waals surface area contributed by atoms with Crippen molar-refractivity contribution in [1.82, 2.24) is 4.90 Å². The van der Waals surface area contributed by atoms with E-state index in [1.165, 1.54) is 6.07 Å². The maximum absolute atomic E-state index is 13.5. The zero-order valence-corrected chi connectivity index (χ0v) is 12.7. The van der Waals surface area contributed by atoms with Crippen molar-refractivity contribution in [1.29, 1.82) is 0 Å². The van der Waals surface area contributed by atoms with Crippen LogP contribution in [0.1, 0.15) is 20.3 Å². The Morgan fingerprint density at radius 1 is 1.43 bits per heavy atom. The number of nitrogens with two attached hydrogens (primary N) is 1. The average Bonchev–Trinajstić information content (AvgIpc) is 2.41. The number of halogens is 1. The number of piperidine rings is 1. The van der Waals surface area contributed by atoms with E-state index in [0.29, 0.717) is 18.4 Å². The summed E-state index contributed by atoms with van der Waals surface area (Å²) < 4.78 is 13.5. The van der Waals surface area contributed by atoms with Gasteiger partial charge >= 0.3 is 0 Å². The minimum Gasteiger partial charge on any atom is -0.329 e. The Morgan fingerprint density at radius 2 is 2.14 bits per heavy atom. The second-order valence-corrected chi connectivity index (χ2v) is 6.08. The van der Waals surface area contributed by atoms with E-state index in [0.717, 1.165) is 13.0 Å². The molecule has 1 aliphatic rings. The molecule has 21 heavy (non-hydrogen) atoms. The van der Waals surface area contributed by atoms with Gasteiger partial charge in [0.1, 0.15) is 5.82 Å². The Bertz CT molecular complexity index is 494. The van der Waals surface area contributed by atoms with Gasteiger partial charge in [0, 0.05) is 19.1 Å². The van der Waals surface area contributed by atoms with Gasteiger partial charge in [0.15, 0.2) is 0 Å². The number of likely N-dealkylation sites (tertiary alicyclic amines) is 1. The van der Waals surface area contributed by atoms with Gasteiger partial charge in [-0.1, -0.05) is 26.0 Å². The first-order chi connectivity index (χ1) is 10.0. The van der Waals surface area contributed by atoms with Crippen molar-refractivity contribution in [2.75, 3.05) is 25.0 Å². The van der Waals surface area contributed by atoms with E-state index in [4.69, 9.17) is 5.73 Å². The molecule has 3 atom stereocenters. The molecule has 0 aromatic heterocycles. The van der Waals surface area contributed by atoms with E-state index in [1.807, 2.05) is 0 Å². The summed E-state index contributed by atoms with van der Waals surface area (Å²) in [5.41, 5.74) is 6.08. The first kappa shape index (κ1) is 15.9. The highest BCUT2D eigenvalue weighted by Crippen LogP contribution is 2.26.